The number of hydrogen-bond donors (Lipinski definition) is 2. The van der Waals surface area contributed by atoms with E-state index in [2.05, 4.69) is 39.2 Å². The Morgan fingerprint density at radius 3 is 2.63 bits per heavy atom. The molecule has 2 aromatic heterocycles. The van der Waals surface area contributed by atoms with Crippen molar-refractivity contribution in [2.75, 3.05) is 23.3 Å². The van der Waals surface area contributed by atoms with Crippen LogP contribution in [0.25, 0.3) is 0 Å². The van der Waals surface area contributed by atoms with Gasteiger partial charge in [-0.25, -0.2) is 4.98 Å². The highest BCUT2D eigenvalue weighted by Gasteiger charge is 2.08. The molecule has 2 rings (SSSR count). The Morgan fingerprint density at radius 1 is 1.32 bits per heavy atom. The van der Waals surface area contributed by atoms with Crippen LogP contribution in [0.15, 0.2) is 30.7 Å². The van der Waals surface area contributed by atoms with Gasteiger partial charge in [-0.3, -0.25) is 9.89 Å². The second kappa shape index (κ2) is 5.99. The van der Waals surface area contributed by atoms with E-state index in [1.807, 2.05) is 12.1 Å². The molecular formula is C13H17N5O. The molecule has 2 aromatic rings. The van der Waals surface area contributed by atoms with Crippen LogP contribution in [0.3, 0.4) is 0 Å². The molecule has 0 spiro atoms. The third-order valence-electron chi connectivity index (χ3n) is 2.85. The number of nitrogens with zero attached hydrogens (tertiary/aromatic N) is 3. The maximum atomic E-state index is 11.8. The highest BCUT2D eigenvalue weighted by atomic mass is 16.1. The molecule has 2 N–H and O–H groups in total. The van der Waals surface area contributed by atoms with Crippen LogP contribution in [-0.2, 0) is 0 Å². The lowest BCUT2D eigenvalue weighted by Gasteiger charge is -2.19. The number of carbonyl (C=O) groups is 1. The Kier molecular flexibility index (Phi) is 4.12. The van der Waals surface area contributed by atoms with Crippen LogP contribution in [0, 0.1) is 0 Å². The maximum absolute atomic E-state index is 11.8. The zero-order chi connectivity index (χ0) is 13.7. The zero-order valence-electron chi connectivity index (χ0n) is 11.1. The Hall–Kier alpha value is -2.37. The Morgan fingerprint density at radius 2 is 2.11 bits per heavy atom. The first-order chi connectivity index (χ1) is 9.24. The van der Waals surface area contributed by atoms with Crippen molar-refractivity contribution in [1.29, 1.82) is 0 Å². The molecule has 0 unspecified atom stereocenters. The van der Waals surface area contributed by atoms with E-state index in [1.54, 1.807) is 12.4 Å². The molecule has 0 fully saturated rings. The number of hydrogen-bond acceptors (Lipinski definition) is 4. The fourth-order valence-electron chi connectivity index (χ4n) is 1.77. The molecule has 6 nitrogen and oxygen atoms in total. The normalized spacial score (nSPS) is 10.2. The van der Waals surface area contributed by atoms with Gasteiger partial charge in [0.2, 0.25) is 0 Å². The van der Waals surface area contributed by atoms with E-state index in [9.17, 15) is 4.79 Å². The number of aromatic amines is 1. The smallest absolute Gasteiger partial charge is 0.258 e. The predicted octanol–water partition coefficient (Wildman–Crippen LogP) is 1.90. The lowest BCUT2D eigenvalue weighted by atomic mass is 10.3. The maximum Gasteiger partial charge on any atom is 0.258 e. The van der Waals surface area contributed by atoms with E-state index in [4.69, 9.17) is 0 Å². The first-order valence-electron chi connectivity index (χ1n) is 6.25. The van der Waals surface area contributed by atoms with E-state index in [0.29, 0.717) is 11.3 Å². The number of nitrogens with one attached hydrogen (secondary N) is 2. The van der Waals surface area contributed by atoms with Crippen molar-refractivity contribution >= 4 is 17.4 Å². The van der Waals surface area contributed by atoms with Crippen LogP contribution < -0.4 is 10.2 Å². The van der Waals surface area contributed by atoms with E-state index in [1.165, 1.54) is 6.20 Å². The molecule has 0 saturated carbocycles. The van der Waals surface area contributed by atoms with E-state index in [-0.39, 0.29) is 5.91 Å². The van der Waals surface area contributed by atoms with Crippen molar-refractivity contribution in [2.45, 2.75) is 13.8 Å². The molecule has 100 valence electrons. The number of aromatic nitrogens is 3. The van der Waals surface area contributed by atoms with Crippen molar-refractivity contribution in [3.05, 3.63) is 36.3 Å². The molecule has 0 radical (unpaired) electrons. The third-order valence-corrected chi connectivity index (χ3v) is 2.85. The molecule has 0 aromatic carbocycles. The molecule has 1 amide bonds. The molecule has 0 aliphatic heterocycles. The summed E-state index contributed by atoms with van der Waals surface area (Å²) in [4.78, 5) is 18.3. The minimum Gasteiger partial charge on any atom is -0.357 e. The molecule has 0 bridgehead atoms. The van der Waals surface area contributed by atoms with Crippen molar-refractivity contribution < 1.29 is 4.79 Å². The molecule has 6 heteroatoms. The molecule has 2 heterocycles. The average molecular weight is 259 g/mol. The van der Waals surface area contributed by atoms with Crippen molar-refractivity contribution in [2.24, 2.45) is 0 Å². The van der Waals surface area contributed by atoms with Crippen LogP contribution >= 0.6 is 0 Å². The van der Waals surface area contributed by atoms with Gasteiger partial charge in [0, 0.05) is 19.3 Å². The Balaban J connectivity index is 2.05. The number of anilines is 2. The van der Waals surface area contributed by atoms with Crippen LogP contribution in [0.2, 0.25) is 0 Å². The zero-order valence-corrected chi connectivity index (χ0v) is 11.1. The molecule has 0 aliphatic rings. The second-order valence-corrected chi connectivity index (χ2v) is 4.02. The van der Waals surface area contributed by atoms with Crippen LogP contribution in [-0.4, -0.2) is 34.2 Å². The summed E-state index contributed by atoms with van der Waals surface area (Å²) < 4.78 is 0. The monoisotopic (exact) mass is 259 g/mol. The Bertz CT molecular complexity index is 516. The number of H-pyrrole nitrogens is 1. The average Bonchev–Trinajstić information content (AvgIpc) is 2.96. The van der Waals surface area contributed by atoms with Gasteiger partial charge in [-0.15, -0.1) is 0 Å². The minimum absolute atomic E-state index is 0.203. The fourth-order valence-corrected chi connectivity index (χ4v) is 1.77. The van der Waals surface area contributed by atoms with Crippen LogP contribution in [0.4, 0.5) is 11.5 Å². The summed E-state index contributed by atoms with van der Waals surface area (Å²) in [5, 5.41) is 9.11. The summed E-state index contributed by atoms with van der Waals surface area (Å²) >= 11 is 0. The summed E-state index contributed by atoms with van der Waals surface area (Å²) in [7, 11) is 0. The third kappa shape index (κ3) is 3.09. The summed E-state index contributed by atoms with van der Waals surface area (Å²) in [6.07, 6.45) is 4.69. The largest absolute Gasteiger partial charge is 0.357 e. The summed E-state index contributed by atoms with van der Waals surface area (Å²) in [5.74, 6) is 0.706. The first kappa shape index (κ1) is 13.1. The fraction of sp³-hybridized carbons (Fsp3) is 0.308. The standard InChI is InChI=1S/C13H17N5O/c1-3-18(4-2)12-6-5-11(9-14-12)17-13(19)10-7-15-16-8-10/h5-9H,3-4H2,1-2H3,(H,15,16)(H,17,19). The quantitative estimate of drug-likeness (QED) is 0.860. The van der Waals surface area contributed by atoms with Crippen molar-refractivity contribution in [1.82, 2.24) is 15.2 Å². The highest BCUT2D eigenvalue weighted by molar-refractivity contribution is 6.03. The van der Waals surface area contributed by atoms with E-state index < -0.39 is 0 Å². The summed E-state index contributed by atoms with van der Waals surface area (Å²) in [5.41, 5.74) is 1.16. The molecule has 0 saturated heterocycles. The van der Waals surface area contributed by atoms with Crippen molar-refractivity contribution in [3.8, 4) is 0 Å². The molecule has 19 heavy (non-hydrogen) atoms. The van der Waals surface area contributed by atoms with Gasteiger partial charge in [-0.1, -0.05) is 0 Å². The van der Waals surface area contributed by atoms with Crippen LogP contribution in [0.1, 0.15) is 24.2 Å². The van der Waals surface area contributed by atoms with E-state index >= 15 is 0 Å². The Labute approximate surface area is 111 Å². The molecule has 0 atom stereocenters. The van der Waals surface area contributed by atoms with Crippen LogP contribution in [0.5, 0.6) is 0 Å². The lowest BCUT2D eigenvalue weighted by Crippen LogP contribution is -2.22. The first-order valence-corrected chi connectivity index (χ1v) is 6.25. The summed E-state index contributed by atoms with van der Waals surface area (Å²) in [6.45, 7) is 5.98. The van der Waals surface area contributed by atoms with Crippen molar-refractivity contribution in [3.63, 3.8) is 0 Å². The van der Waals surface area contributed by atoms with Gasteiger partial charge in [-0.2, -0.15) is 5.10 Å². The van der Waals surface area contributed by atoms with Gasteiger partial charge in [0.25, 0.3) is 5.91 Å². The molecular weight excluding hydrogens is 242 g/mol. The SMILES string of the molecule is CCN(CC)c1ccc(NC(=O)c2cn[nH]c2)cn1. The van der Waals surface area contributed by atoms with Gasteiger partial charge < -0.3 is 10.2 Å². The predicted molar refractivity (Wildman–Crippen MR) is 74.3 cm³/mol. The van der Waals surface area contributed by atoms with Gasteiger partial charge in [-0.05, 0) is 26.0 Å². The summed E-state index contributed by atoms with van der Waals surface area (Å²) in [6, 6.07) is 3.75. The van der Waals surface area contributed by atoms with Gasteiger partial charge >= 0.3 is 0 Å². The number of amides is 1. The van der Waals surface area contributed by atoms with Gasteiger partial charge in [0.15, 0.2) is 0 Å². The lowest BCUT2D eigenvalue weighted by molar-refractivity contribution is 0.102. The number of carbonyl (C=O) groups excluding carboxylic acids is 1. The van der Waals surface area contributed by atoms with Gasteiger partial charge in [0.1, 0.15) is 5.82 Å². The van der Waals surface area contributed by atoms with Gasteiger partial charge in [0.05, 0.1) is 23.6 Å². The van der Waals surface area contributed by atoms with E-state index in [0.717, 1.165) is 18.9 Å². The second-order valence-electron chi connectivity index (χ2n) is 4.02. The molecule has 0 aliphatic carbocycles. The topological polar surface area (TPSA) is 73.9 Å². The minimum atomic E-state index is -0.203. The number of rotatable bonds is 5. The highest BCUT2D eigenvalue weighted by Crippen LogP contribution is 2.14. The number of pyridine rings is 1.